The van der Waals surface area contributed by atoms with Crippen LogP contribution in [0.1, 0.15) is 47.1 Å². The Morgan fingerprint density at radius 1 is 0.636 bits per heavy atom. The van der Waals surface area contributed by atoms with E-state index in [1.54, 1.807) is 0 Å². The zero-order chi connectivity index (χ0) is 44.5. The molecule has 3 unspecified atom stereocenters. The normalized spacial score (nSPS) is 17.2. The molecule has 0 saturated carbocycles. The molecule has 1 aliphatic carbocycles. The van der Waals surface area contributed by atoms with Gasteiger partial charge in [0.25, 0.3) is 0 Å². The fourth-order valence-electron chi connectivity index (χ4n) is 10.7. The average Bonchev–Trinajstić information content (AvgIpc) is 4.01. The van der Waals surface area contributed by atoms with Crippen LogP contribution in [0.4, 0.5) is 11.4 Å². The van der Waals surface area contributed by atoms with E-state index in [2.05, 4.69) is 149 Å². The molecule has 0 radical (unpaired) electrons. The summed E-state index contributed by atoms with van der Waals surface area (Å²) in [7, 11) is 0. The number of nitrogens with zero attached hydrogens (tertiary/aromatic N) is 6. The molecular weight excluding hydrogens is 807 g/mol. The van der Waals surface area contributed by atoms with Gasteiger partial charge in [0.05, 0.1) is 55.9 Å². The van der Waals surface area contributed by atoms with E-state index in [1.165, 1.54) is 16.8 Å². The van der Waals surface area contributed by atoms with Gasteiger partial charge in [0, 0.05) is 51.9 Å². The van der Waals surface area contributed by atoms with Crippen molar-refractivity contribution in [3.05, 3.63) is 229 Å². The molecule has 0 fully saturated rings. The molecule has 6 aromatic carbocycles. The summed E-state index contributed by atoms with van der Waals surface area (Å²) in [5.41, 5.74) is 24.1. The highest BCUT2D eigenvalue weighted by Gasteiger charge is 2.45. The number of nitrogens with two attached hydrogens (primary N) is 1. The minimum Gasteiger partial charge on any atom is -0.383 e. The standard InChI is InChI=1S/C59H47N7/c1-37-18-14-26-43-44-27-15-19-38(2)57(44)66(56(37)43)58-52(64-48-28-12-10-24-45(48)54-50(64)30-16-32-61-54)35-42(36-53(58)65-49-29-13-11-25-46(49)55-51(65)31-17-33-62-55)39(3)34-47(40-20-6-4-7-21-40)63-59(60)41-22-8-5-9-23-41/h4-18,20-36,38,44,57H,3,19H2,1-2H3,(H2,60,63)/b47-34-. The van der Waals surface area contributed by atoms with Crippen LogP contribution < -0.4 is 10.6 Å². The van der Waals surface area contributed by atoms with Crippen molar-refractivity contribution in [1.29, 1.82) is 0 Å². The van der Waals surface area contributed by atoms with Gasteiger partial charge in [-0.3, -0.25) is 9.97 Å². The first-order chi connectivity index (χ1) is 32.4. The summed E-state index contributed by atoms with van der Waals surface area (Å²) in [6.45, 7) is 9.54. The maximum Gasteiger partial charge on any atom is 0.131 e. The van der Waals surface area contributed by atoms with Crippen LogP contribution >= 0.6 is 0 Å². The monoisotopic (exact) mass is 853 g/mol. The Hall–Kier alpha value is -8.29. The number of pyridine rings is 2. The van der Waals surface area contributed by atoms with Gasteiger partial charge >= 0.3 is 0 Å². The van der Waals surface area contributed by atoms with Crippen molar-refractivity contribution in [2.45, 2.75) is 32.2 Å². The van der Waals surface area contributed by atoms with Crippen LogP contribution in [0, 0.1) is 12.8 Å². The number of aliphatic imine (C=N–C) groups is 1. The van der Waals surface area contributed by atoms with Gasteiger partial charge < -0.3 is 19.8 Å². The minimum absolute atomic E-state index is 0.148. The van der Waals surface area contributed by atoms with E-state index in [9.17, 15) is 0 Å². The number of hydrogen-bond acceptors (Lipinski definition) is 4. The van der Waals surface area contributed by atoms with Crippen LogP contribution in [-0.4, -0.2) is 31.0 Å². The fourth-order valence-corrected chi connectivity index (χ4v) is 10.7. The molecule has 5 heterocycles. The van der Waals surface area contributed by atoms with E-state index in [-0.39, 0.29) is 12.0 Å². The van der Waals surface area contributed by atoms with E-state index < -0.39 is 0 Å². The lowest BCUT2D eigenvalue weighted by atomic mass is 9.81. The number of anilines is 2. The van der Waals surface area contributed by atoms with Crippen LogP contribution in [0.15, 0.2) is 206 Å². The predicted octanol–water partition coefficient (Wildman–Crippen LogP) is 13.6. The molecule has 0 amide bonds. The van der Waals surface area contributed by atoms with Crippen LogP contribution in [0.25, 0.3) is 66.5 Å². The highest BCUT2D eigenvalue weighted by Crippen LogP contribution is 2.56. The first-order valence-electron chi connectivity index (χ1n) is 22.7. The van der Waals surface area contributed by atoms with Gasteiger partial charge in [-0.25, -0.2) is 4.99 Å². The molecule has 66 heavy (non-hydrogen) atoms. The van der Waals surface area contributed by atoms with Crippen molar-refractivity contribution in [3.8, 4) is 11.4 Å². The highest BCUT2D eigenvalue weighted by molar-refractivity contribution is 6.10. The lowest BCUT2D eigenvalue weighted by Gasteiger charge is -2.39. The number of rotatable bonds is 8. The van der Waals surface area contributed by atoms with Crippen LogP contribution in [-0.2, 0) is 0 Å². The number of aromatic nitrogens is 4. The third-order valence-corrected chi connectivity index (χ3v) is 13.7. The average molecular weight is 854 g/mol. The van der Waals surface area contributed by atoms with E-state index in [0.29, 0.717) is 17.5 Å². The van der Waals surface area contributed by atoms with Gasteiger partial charge in [-0.2, -0.15) is 0 Å². The third kappa shape index (κ3) is 6.22. The van der Waals surface area contributed by atoms with E-state index >= 15 is 0 Å². The molecule has 0 spiro atoms. The third-order valence-electron chi connectivity index (χ3n) is 13.7. The molecular formula is C59H47N7. The van der Waals surface area contributed by atoms with Crippen molar-refractivity contribution in [2.24, 2.45) is 16.6 Å². The number of amidine groups is 1. The van der Waals surface area contributed by atoms with Gasteiger partial charge in [0.1, 0.15) is 5.84 Å². The summed E-state index contributed by atoms with van der Waals surface area (Å²) in [6.07, 6.45) is 11.7. The summed E-state index contributed by atoms with van der Waals surface area (Å²) in [4.78, 5) is 17.9. The molecule has 2 N–H and O–H groups in total. The fraction of sp³-hybridized carbons (Fsp3) is 0.102. The number of allylic oxidation sites excluding steroid dienone is 3. The molecule has 7 heteroatoms. The summed E-state index contributed by atoms with van der Waals surface area (Å²) < 4.78 is 4.86. The molecule has 2 aliphatic rings. The quantitative estimate of drug-likeness (QED) is 0.0715. The molecule has 12 rings (SSSR count). The number of benzene rings is 6. The van der Waals surface area contributed by atoms with Gasteiger partial charge in [-0.1, -0.05) is 141 Å². The zero-order valence-electron chi connectivity index (χ0n) is 36.9. The molecule has 10 aromatic rings. The lowest BCUT2D eigenvalue weighted by molar-refractivity contribution is 0.424. The maximum atomic E-state index is 6.79. The van der Waals surface area contributed by atoms with Crippen molar-refractivity contribution >= 4 is 72.4 Å². The number of para-hydroxylation sites is 3. The topological polar surface area (TPSA) is 77.3 Å². The summed E-state index contributed by atoms with van der Waals surface area (Å²) >= 11 is 0. The number of hydrogen-bond donors (Lipinski definition) is 1. The minimum atomic E-state index is 0.148. The Balaban J connectivity index is 1.23. The van der Waals surface area contributed by atoms with Crippen LogP contribution in [0.5, 0.6) is 0 Å². The molecule has 3 atom stereocenters. The largest absolute Gasteiger partial charge is 0.383 e. The van der Waals surface area contributed by atoms with Gasteiger partial charge in [0.2, 0.25) is 0 Å². The first-order valence-corrected chi connectivity index (χ1v) is 22.7. The molecule has 0 bridgehead atoms. The molecule has 0 saturated heterocycles. The summed E-state index contributed by atoms with van der Waals surface area (Å²) in [5.74, 6) is 0.994. The van der Waals surface area contributed by atoms with Crippen molar-refractivity contribution in [1.82, 2.24) is 19.1 Å². The van der Waals surface area contributed by atoms with Crippen molar-refractivity contribution < 1.29 is 0 Å². The highest BCUT2D eigenvalue weighted by atomic mass is 15.2. The Morgan fingerprint density at radius 2 is 1.20 bits per heavy atom. The Kier molecular flexibility index (Phi) is 9.38. The second-order valence-corrected chi connectivity index (χ2v) is 17.6. The smallest absolute Gasteiger partial charge is 0.131 e. The van der Waals surface area contributed by atoms with Crippen molar-refractivity contribution in [3.63, 3.8) is 0 Å². The summed E-state index contributed by atoms with van der Waals surface area (Å²) in [5, 5.41) is 2.18. The van der Waals surface area contributed by atoms with Gasteiger partial charge in [-0.15, -0.1) is 0 Å². The van der Waals surface area contributed by atoms with Crippen LogP contribution in [0.3, 0.4) is 0 Å². The number of aryl methyl sites for hydroxylation is 1. The second kappa shape index (κ2) is 15.8. The molecule has 7 nitrogen and oxygen atoms in total. The van der Waals surface area contributed by atoms with Gasteiger partial charge in [0.15, 0.2) is 0 Å². The second-order valence-electron chi connectivity index (χ2n) is 17.6. The van der Waals surface area contributed by atoms with Crippen molar-refractivity contribution in [2.75, 3.05) is 4.90 Å². The predicted molar refractivity (Wildman–Crippen MR) is 274 cm³/mol. The lowest BCUT2D eigenvalue weighted by Crippen LogP contribution is -2.38. The van der Waals surface area contributed by atoms with E-state index in [0.717, 1.165) is 89.6 Å². The van der Waals surface area contributed by atoms with E-state index in [4.69, 9.17) is 27.3 Å². The summed E-state index contributed by atoms with van der Waals surface area (Å²) in [6, 6.07) is 57.6. The molecule has 4 aromatic heterocycles. The molecule has 1 aliphatic heterocycles. The van der Waals surface area contributed by atoms with E-state index in [1.807, 2.05) is 73.1 Å². The molecule has 318 valence electrons. The first kappa shape index (κ1) is 39.3. The Bertz CT molecular complexity index is 3410. The number of fused-ring (bicyclic) bond motifs is 9. The maximum absolute atomic E-state index is 6.79. The van der Waals surface area contributed by atoms with Gasteiger partial charge in [-0.05, 0) is 96.1 Å². The SMILES string of the molecule is C=C(/C=C(\N=C(N)c1ccccc1)c1ccccc1)c1cc(-n2c3ccccc3c3ncccc32)c(N2c3c(C)cccc3C3C=CCC(C)C32)c(-n2c3ccccc3c3ncccc32)c1. The Morgan fingerprint density at radius 3 is 1.82 bits per heavy atom. The van der Waals surface area contributed by atoms with Crippen LogP contribution in [0.2, 0.25) is 0 Å². The Labute approximate surface area is 383 Å². The zero-order valence-corrected chi connectivity index (χ0v) is 36.9.